The second kappa shape index (κ2) is 8.20. The van der Waals surface area contributed by atoms with E-state index in [2.05, 4.69) is 25.2 Å². The summed E-state index contributed by atoms with van der Waals surface area (Å²) >= 11 is 0. The second-order valence-corrected chi connectivity index (χ2v) is 6.92. The third-order valence-corrected chi connectivity index (χ3v) is 5.03. The van der Waals surface area contributed by atoms with Crippen molar-refractivity contribution in [2.45, 2.75) is 31.4 Å². The molecule has 0 saturated carbocycles. The molecule has 4 rings (SSSR count). The highest BCUT2D eigenvalue weighted by Gasteiger charge is 2.30. The minimum atomic E-state index is 0.00157. The predicted octanol–water partition coefficient (Wildman–Crippen LogP) is 1.70. The molecule has 2 aliphatic rings. The highest BCUT2D eigenvalue weighted by Crippen LogP contribution is 2.19. The third-order valence-electron chi connectivity index (χ3n) is 5.03. The Balaban J connectivity index is 1.22. The molecule has 2 amide bonds. The zero-order chi connectivity index (χ0) is 18.5. The first-order valence-corrected chi connectivity index (χ1v) is 9.42. The molecule has 2 fully saturated rings. The minimum Gasteiger partial charge on any atom is -0.487 e. The maximum Gasteiger partial charge on any atom is 0.317 e. The van der Waals surface area contributed by atoms with Gasteiger partial charge in [-0.25, -0.2) is 14.8 Å². The topological polar surface area (TPSA) is 83.5 Å². The van der Waals surface area contributed by atoms with Crippen LogP contribution < -0.4 is 15.0 Å². The number of pyridine rings is 1. The van der Waals surface area contributed by atoms with E-state index < -0.39 is 0 Å². The quantitative estimate of drug-likeness (QED) is 0.884. The van der Waals surface area contributed by atoms with Crippen LogP contribution in [0.3, 0.4) is 0 Å². The van der Waals surface area contributed by atoms with Gasteiger partial charge in [-0.3, -0.25) is 4.98 Å². The Morgan fingerprint density at radius 3 is 2.63 bits per heavy atom. The molecule has 2 saturated heterocycles. The molecule has 8 heteroatoms. The molecule has 0 bridgehead atoms. The molecular weight excluding hydrogens is 344 g/mol. The molecule has 0 spiro atoms. The summed E-state index contributed by atoms with van der Waals surface area (Å²) in [5, 5.41) is 3.17. The number of piperidine rings is 1. The van der Waals surface area contributed by atoms with E-state index in [-0.39, 0.29) is 18.2 Å². The van der Waals surface area contributed by atoms with Crippen LogP contribution in [-0.4, -0.2) is 64.2 Å². The number of amides is 2. The van der Waals surface area contributed by atoms with Crippen LogP contribution in [-0.2, 0) is 0 Å². The zero-order valence-corrected chi connectivity index (χ0v) is 15.2. The lowest BCUT2D eigenvalue weighted by molar-refractivity contribution is 0.182. The van der Waals surface area contributed by atoms with Crippen molar-refractivity contribution in [2.24, 2.45) is 0 Å². The molecule has 27 heavy (non-hydrogen) atoms. The summed E-state index contributed by atoms with van der Waals surface area (Å²) in [5.41, 5.74) is 0. The molecule has 2 aromatic rings. The van der Waals surface area contributed by atoms with E-state index >= 15 is 0 Å². The van der Waals surface area contributed by atoms with Gasteiger partial charge in [0, 0.05) is 50.7 Å². The number of hydrogen-bond donors (Lipinski definition) is 1. The Morgan fingerprint density at radius 1 is 1.07 bits per heavy atom. The van der Waals surface area contributed by atoms with Crippen LogP contribution in [0.25, 0.3) is 0 Å². The van der Waals surface area contributed by atoms with Gasteiger partial charge in [0.2, 0.25) is 5.95 Å². The number of hydrogen-bond acceptors (Lipinski definition) is 6. The number of carbonyl (C=O) groups is 1. The van der Waals surface area contributed by atoms with Crippen LogP contribution in [0.2, 0.25) is 0 Å². The third kappa shape index (κ3) is 4.45. The lowest BCUT2D eigenvalue weighted by atomic mass is 10.1. The molecule has 0 aliphatic carbocycles. The lowest BCUT2D eigenvalue weighted by Gasteiger charge is -2.33. The van der Waals surface area contributed by atoms with E-state index in [4.69, 9.17) is 4.74 Å². The summed E-state index contributed by atoms with van der Waals surface area (Å²) in [6.07, 6.45) is 9.59. The lowest BCUT2D eigenvalue weighted by Crippen LogP contribution is -2.49. The minimum absolute atomic E-state index is 0.00157. The number of nitrogens with one attached hydrogen (secondary N) is 1. The zero-order valence-electron chi connectivity index (χ0n) is 15.2. The van der Waals surface area contributed by atoms with Crippen molar-refractivity contribution >= 4 is 12.0 Å². The number of carbonyl (C=O) groups excluding carboxylic acids is 1. The molecule has 2 aliphatic heterocycles. The largest absolute Gasteiger partial charge is 0.487 e. The molecule has 1 atom stereocenters. The molecule has 1 N–H and O–H groups in total. The van der Waals surface area contributed by atoms with E-state index in [1.165, 1.54) is 0 Å². The first-order chi connectivity index (χ1) is 13.3. The first-order valence-electron chi connectivity index (χ1n) is 9.42. The van der Waals surface area contributed by atoms with Crippen LogP contribution in [0.5, 0.6) is 5.75 Å². The van der Waals surface area contributed by atoms with Crippen molar-refractivity contribution in [3.63, 3.8) is 0 Å². The average molecular weight is 368 g/mol. The number of aromatic nitrogens is 3. The number of anilines is 1. The van der Waals surface area contributed by atoms with Crippen LogP contribution in [0.4, 0.5) is 10.7 Å². The Kier molecular flexibility index (Phi) is 5.32. The fraction of sp³-hybridized carbons (Fsp3) is 0.474. The van der Waals surface area contributed by atoms with Crippen molar-refractivity contribution < 1.29 is 9.53 Å². The monoisotopic (exact) mass is 368 g/mol. The fourth-order valence-corrected chi connectivity index (χ4v) is 3.56. The number of rotatable bonds is 4. The number of urea groups is 1. The average Bonchev–Trinajstić information content (AvgIpc) is 3.19. The second-order valence-electron chi connectivity index (χ2n) is 6.92. The summed E-state index contributed by atoms with van der Waals surface area (Å²) in [7, 11) is 0. The van der Waals surface area contributed by atoms with E-state index in [0.717, 1.165) is 44.0 Å². The van der Waals surface area contributed by atoms with Gasteiger partial charge >= 0.3 is 6.03 Å². The van der Waals surface area contributed by atoms with Gasteiger partial charge in [-0.2, -0.15) is 0 Å². The maximum absolute atomic E-state index is 12.6. The number of ether oxygens (including phenoxy) is 1. The van der Waals surface area contributed by atoms with E-state index in [9.17, 15) is 4.79 Å². The smallest absolute Gasteiger partial charge is 0.317 e. The molecule has 0 aromatic carbocycles. The van der Waals surface area contributed by atoms with Gasteiger partial charge in [-0.15, -0.1) is 0 Å². The van der Waals surface area contributed by atoms with E-state index in [0.29, 0.717) is 13.1 Å². The van der Waals surface area contributed by atoms with Crippen molar-refractivity contribution in [3.05, 3.63) is 43.0 Å². The van der Waals surface area contributed by atoms with Gasteiger partial charge < -0.3 is 19.9 Å². The number of likely N-dealkylation sites (tertiary alicyclic amines) is 1. The molecular formula is C19H24N6O2. The summed E-state index contributed by atoms with van der Waals surface area (Å²) < 4.78 is 5.90. The van der Waals surface area contributed by atoms with Gasteiger partial charge in [-0.1, -0.05) is 0 Å². The van der Waals surface area contributed by atoms with Gasteiger partial charge in [-0.05, 0) is 31.0 Å². The van der Waals surface area contributed by atoms with E-state index in [1.54, 1.807) is 24.8 Å². The molecule has 4 heterocycles. The Bertz CT molecular complexity index is 736. The van der Waals surface area contributed by atoms with Crippen molar-refractivity contribution in [3.8, 4) is 5.75 Å². The van der Waals surface area contributed by atoms with Gasteiger partial charge in [0.15, 0.2) is 0 Å². The molecule has 142 valence electrons. The molecule has 8 nitrogen and oxygen atoms in total. The Hall–Kier alpha value is -2.90. The highest BCUT2D eigenvalue weighted by molar-refractivity contribution is 5.75. The van der Waals surface area contributed by atoms with Crippen molar-refractivity contribution in [1.29, 1.82) is 0 Å². The first kappa shape index (κ1) is 17.5. The standard InChI is InChI=1S/C19H24N6O2/c26-19(25-12-6-17(14-25)27-16-3-1-7-20-13-16)23-15-4-10-24(11-5-15)18-21-8-2-9-22-18/h1-3,7-9,13,15,17H,4-6,10-12,14H2,(H,23,26). The maximum atomic E-state index is 12.6. The van der Waals surface area contributed by atoms with Crippen LogP contribution in [0, 0.1) is 0 Å². The summed E-state index contributed by atoms with van der Waals surface area (Å²) in [4.78, 5) is 29.2. The summed E-state index contributed by atoms with van der Waals surface area (Å²) in [6.45, 7) is 3.02. The molecule has 0 radical (unpaired) electrons. The van der Waals surface area contributed by atoms with Gasteiger partial charge in [0.1, 0.15) is 11.9 Å². The normalized spacial score (nSPS) is 20.5. The van der Waals surface area contributed by atoms with E-state index in [1.807, 2.05) is 23.1 Å². The van der Waals surface area contributed by atoms with Crippen molar-refractivity contribution in [2.75, 3.05) is 31.1 Å². The Morgan fingerprint density at radius 2 is 1.89 bits per heavy atom. The predicted molar refractivity (Wildman–Crippen MR) is 101 cm³/mol. The summed E-state index contributed by atoms with van der Waals surface area (Å²) in [6, 6.07) is 5.75. The van der Waals surface area contributed by atoms with Crippen LogP contribution in [0.15, 0.2) is 43.0 Å². The molecule has 2 aromatic heterocycles. The molecule has 1 unspecified atom stereocenters. The number of nitrogens with zero attached hydrogens (tertiary/aromatic N) is 5. The van der Waals surface area contributed by atoms with Crippen LogP contribution in [0.1, 0.15) is 19.3 Å². The van der Waals surface area contributed by atoms with Crippen LogP contribution >= 0.6 is 0 Å². The summed E-state index contributed by atoms with van der Waals surface area (Å²) in [5.74, 6) is 1.51. The SMILES string of the molecule is O=C(NC1CCN(c2ncccn2)CC1)N1CCC(Oc2cccnc2)C1. The van der Waals surface area contributed by atoms with Gasteiger partial charge in [0.05, 0.1) is 12.7 Å². The Labute approximate surface area is 158 Å². The van der Waals surface area contributed by atoms with Crippen molar-refractivity contribution in [1.82, 2.24) is 25.2 Å². The van der Waals surface area contributed by atoms with Gasteiger partial charge in [0.25, 0.3) is 0 Å². The highest BCUT2D eigenvalue weighted by atomic mass is 16.5. The fourth-order valence-electron chi connectivity index (χ4n) is 3.56.